The van der Waals surface area contributed by atoms with E-state index in [4.69, 9.17) is 0 Å². The first kappa shape index (κ1) is 15.2. The Labute approximate surface area is 116 Å². The van der Waals surface area contributed by atoms with Crippen molar-refractivity contribution in [2.45, 2.75) is 41.0 Å². The fourth-order valence-corrected chi connectivity index (χ4v) is 1.82. The molecule has 0 unspecified atom stereocenters. The van der Waals surface area contributed by atoms with E-state index in [2.05, 4.69) is 60.2 Å². The van der Waals surface area contributed by atoms with E-state index in [0.29, 0.717) is 0 Å². The molecule has 2 heteroatoms. The predicted octanol–water partition coefficient (Wildman–Crippen LogP) is 5.27. The number of H-pyrrole nitrogens is 1. The molecule has 0 atom stereocenters. The summed E-state index contributed by atoms with van der Waals surface area (Å²) in [6.07, 6.45) is 7.38. The quantitative estimate of drug-likeness (QED) is 0.745. The van der Waals surface area contributed by atoms with Crippen LogP contribution in [-0.4, -0.2) is 9.97 Å². The number of hydrogen-bond acceptors (Lipinski definition) is 1. The predicted molar refractivity (Wildman–Crippen MR) is 85.3 cm³/mol. The average Bonchev–Trinajstić information content (AvgIpc) is 2.84. The number of aromatic nitrogens is 2. The van der Waals surface area contributed by atoms with Crippen LogP contribution in [0.15, 0.2) is 36.4 Å². The highest BCUT2D eigenvalue weighted by Crippen LogP contribution is 2.19. The van der Waals surface area contributed by atoms with Crippen LogP contribution < -0.4 is 0 Å². The van der Waals surface area contributed by atoms with E-state index in [0.717, 1.165) is 28.9 Å². The number of rotatable bonds is 3. The number of hydrogen-bond donors (Lipinski definition) is 1. The molecule has 2 rings (SSSR count). The molecule has 0 amide bonds. The Hall–Kier alpha value is -1.83. The molecule has 1 aromatic carbocycles. The summed E-state index contributed by atoms with van der Waals surface area (Å²) in [5.74, 6) is 0.942. The summed E-state index contributed by atoms with van der Waals surface area (Å²) in [7, 11) is 0. The maximum atomic E-state index is 4.60. The second kappa shape index (κ2) is 7.57. The van der Waals surface area contributed by atoms with E-state index in [1.807, 2.05) is 20.8 Å². The number of allylic oxidation sites excluding steroid dienone is 4. The lowest BCUT2D eigenvalue weighted by Gasteiger charge is -1.94. The van der Waals surface area contributed by atoms with Crippen molar-refractivity contribution in [3.05, 3.63) is 47.8 Å². The molecule has 0 radical (unpaired) electrons. The molecular formula is C17H24N2. The summed E-state index contributed by atoms with van der Waals surface area (Å²) in [6.45, 7) is 10.3. The van der Waals surface area contributed by atoms with E-state index in [-0.39, 0.29) is 0 Å². The van der Waals surface area contributed by atoms with Gasteiger partial charge in [0, 0.05) is 5.57 Å². The Morgan fingerprint density at radius 1 is 1.32 bits per heavy atom. The fraction of sp³-hybridized carbons (Fsp3) is 0.353. The van der Waals surface area contributed by atoms with Crippen LogP contribution in [0.1, 0.15) is 45.5 Å². The number of aromatic amines is 1. The Morgan fingerprint density at radius 2 is 2.05 bits per heavy atom. The molecule has 2 aromatic rings. The number of fused-ring (bicyclic) bond motifs is 1. The molecule has 0 saturated heterocycles. The van der Waals surface area contributed by atoms with Gasteiger partial charge in [0.1, 0.15) is 5.82 Å². The highest BCUT2D eigenvalue weighted by molar-refractivity contribution is 5.81. The summed E-state index contributed by atoms with van der Waals surface area (Å²) < 4.78 is 0. The van der Waals surface area contributed by atoms with Gasteiger partial charge in [0.25, 0.3) is 0 Å². The molecular weight excluding hydrogens is 232 g/mol. The Kier molecular flexibility index (Phi) is 6.07. The van der Waals surface area contributed by atoms with E-state index < -0.39 is 0 Å². The van der Waals surface area contributed by atoms with Gasteiger partial charge < -0.3 is 4.98 Å². The maximum absolute atomic E-state index is 4.60. The maximum Gasteiger partial charge on any atom is 0.138 e. The van der Waals surface area contributed by atoms with Gasteiger partial charge >= 0.3 is 0 Å². The number of nitrogens with one attached hydrogen (secondary N) is 1. The van der Waals surface area contributed by atoms with Crippen molar-refractivity contribution >= 4 is 16.6 Å². The van der Waals surface area contributed by atoms with Crippen molar-refractivity contribution in [3.63, 3.8) is 0 Å². The van der Waals surface area contributed by atoms with Crippen molar-refractivity contribution in [1.82, 2.24) is 9.97 Å². The zero-order valence-electron chi connectivity index (χ0n) is 12.6. The average molecular weight is 256 g/mol. The molecule has 19 heavy (non-hydrogen) atoms. The first-order valence-corrected chi connectivity index (χ1v) is 7.04. The van der Waals surface area contributed by atoms with Crippen molar-refractivity contribution in [2.24, 2.45) is 0 Å². The van der Waals surface area contributed by atoms with Gasteiger partial charge in [-0.3, -0.25) is 0 Å². The Morgan fingerprint density at radius 3 is 2.68 bits per heavy atom. The minimum atomic E-state index is 0.942. The lowest BCUT2D eigenvalue weighted by molar-refractivity contribution is 1.22. The van der Waals surface area contributed by atoms with Crippen molar-refractivity contribution in [1.29, 1.82) is 0 Å². The summed E-state index contributed by atoms with van der Waals surface area (Å²) in [5.41, 5.74) is 4.51. The van der Waals surface area contributed by atoms with Gasteiger partial charge in [-0.15, -0.1) is 0 Å². The van der Waals surface area contributed by atoms with Crippen LogP contribution in [0.5, 0.6) is 0 Å². The van der Waals surface area contributed by atoms with Crippen LogP contribution in [0.3, 0.4) is 0 Å². The topological polar surface area (TPSA) is 28.7 Å². The van der Waals surface area contributed by atoms with Crippen LogP contribution >= 0.6 is 0 Å². The smallest absolute Gasteiger partial charge is 0.138 e. The number of nitrogens with zero attached hydrogens (tertiary/aromatic N) is 1. The molecule has 2 nitrogen and oxygen atoms in total. The lowest BCUT2D eigenvalue weighted by atomic mass is 10.2. The van der Waals surface area contributed by atoms with Gasteiger partial charge in [0.15, 0.2) is 0 Å². The molecule has 0 bridgehead atoms. The van der Waals surface area contributed by atoms with Crippen LogP contribution in [0.2, 0.25) is 0 Å². The zero-order valence-corrected chi connectivity index (χ0v) is 12.6. The first-order chi connectivity index (χ1) is 9.24. The summed E-state index contributed by atoms with van der Waals surface area (Å²) in [4.78, 5) is 7.97. The number of benzene rings is 1. The van der Waals surface area contributed by atoms with Gasteiger partial charge in [-0.25, -0.2) is 4.98 Å². The van der Waals surface area contributed by atoms with Gasteiger partial charge in [-0.2, -0.15) is 0 Å². The Balaban J connectivity index is 0.000000861. The van der Waals surface area contributed by atoms with Crippen LogP contribution in [0.4, 0.5) is 0 Å². The summed E-state index contributed by atoms with van der Waals surface area (Å²) >= 11 is 0. The van der Waals surface area contributed by atoms with E-state index >= 15 is 0 Å². The number of imidazole rings is 1. The normalized spacial score (nSPS) is 11.7. The largest absolute Gasteiger partial charge is 0.338 e. The molecule has 1 N–H and O–H groups in total. The van der Waals surface area contributed by atoms with Crippen molar-refractivity contribution in [2.75, 3.05) is 0 Å². The SMILES string of the molecule is C/C=C(\C=C/CC)c1nc2ccc(C)cc2[nH]1.CC. The van der Waals surface area contributed by atoms with Crippen LogP contribution in [0.25, 0.3) is 16.6 Å². The van der Waals surface area contributed by atoms with Gasteiger partial charge in [-0.1, -0.05) is 45.1 Å². The lowest BCUT2D eigenvalue weighted by Crippen LogP contribution is -1.83. The van der Waals surface area contributed by atoms with Gasteiger partial charge in [0.05, 0.1) is 11.0 Å². The van der Waals surface area contributed by atoms with Crippen LogP contribution in [0, 0.1) is 6.92 Å². The highest BCUT2D eigenvalue weighted by Gasteiger charge is 2.04. The molecule has 0 saturated carbocycles. The van der Waals surface area contributed by atoms with E-state index in [1.54, 1.807) is 0 Å². The molecule has 0 aliphatic heterocycles. The zero-order chi connectivity index (χ0) is 14.3. The minimum absolute atomic E-state index is 0.942. The minimum Gasteiger partial charge on any atom is -0.338 e. The Bertz CT molecular complexity index is 574. The molecule has 0 fully saturated rings. The fourth-order valence-electron chi connectivity index (χ4n) is 1.82. The molecule has 0 aliphatic carbocycles. The second-order valence-electron chi connectivity index (χ2n) is 4.16. The molecule has 0 aliphatic rings. The van der Waals surface area contributed by atoms with E-state index in [1.165, 1.54) is 5.56 Å². The standard InChI is InChI=1S/C15H18N2.C2H6/c1-4-6-7-12(5-2)15-16-13-9-8-11(3)10-14(13)17-15;1-2/h5-10H,4H2,1-3H3,(H,16,17);1-2H3/b7-6-,12-5+;. The van der Waals surface area contributed by atoms with Crippen LogP contribution in [-0.2, 0) is 0 Å². The van der Waals surface area contributed by atoms with E-state index in [9.17, 15) is 0 Å². The van der Waals surface area contributed by atoms with Crippen molar-refractivity contribution < 1.29 is 0 Å². The molecule has 1 aromatic heterocycles. The first-order valence-electron chi connectivity index (χ1n) is 7.04. The summed E-state index contributed by atoms with van der Waals surface area (Å²) in [6, 6.07) is 6.27. The molecule has 102 valence electrons. The second-order valence-corrected chi connectivity index (χ2v) is 4.16. The number of aryl methyl sites for hydroxylation is 1. The van der Waals surface area contributed by atoms with Gasteiger partial charge in [0.2, 0.25) is 0 Å². The third kappa shape index (κ3) is 3.82. The highest BCUT2D eigenvalue weighted by atomic mass is 14.9. The molecule has 0 spiro atoms. The van der Waals surface area contributed by atoms with Crippen molar-refractivity contribution in [3.8, 4) is 0 Å². The third-order valence-corrected chi connectivity index (χ3v) is 2.75. The molecule has 1 heterocycles. The summed E-state index contributed by atoms with van der Waals surface area (Å²) in [5, 5.41) is 0. The third-order valence-electron chi connectivity index (χ3n) is 2.75. The monoisotopic (exact) mass is 256 g/mol. The van der Waals surface area contributed by atoms with Gasteiger partial charge in [-0.05, 0) is 38.0 Å².